The molecule has 1 fully saturated rings. The van der Waals surface area contributed by atoms with E-state index in [0.717, 1.165) is 25.9 Å². The predicted octanol–water partition coefficient (Wildman–Crippen LogP) is 2.63. The summed E-state index contributed by atoms with van der Waals surface area (Å²) < 4.78 is 5.61. The van der Waals surface area contributed by atoms with Crippen LogP contribution in [-0.4, -0.2) is 37.4 Å². The van der Waals surface area contributed by atoms with E-state index >= 15 is 0 Å². The SMILES string of the molecule is O=Cc1c(Cl)cccc1OCCN1CCCC1. The van der Waals surface area contributed by atoms with Gasteiger partial charge in [-0.25, -0.2) is 0 Å². The lowest BCUT2D eigenvalue weighted by atomic mass is 10.2. The summed E-state index contributed by atoms with van der Waals surface area (Å²) in [5.41, 5.74) is 0.440. The second-order valence-electron chi connectivity index (χ2n) is 4.17. The number of rotatable bonds is 5. The van der Waals surface area contributed by atoms with Gasteiger partial charge >= 0.3 is 0 Å². The fourth-order valence-electron chi connectivity index (χ4n) is 2.05. The predicted molar refractivity (Wildman–Crippen MR) is 68.0 cm³/mol. The monoisotopic (exact) mass is 253 g/mol. The molecule has 0 unspecified atom stereocenters. The van der Waals surface area contributed by atoms with Crippen LogP contribution in [0.2, 0.25) is 5.02 Å². The third-order valence-electron chi connectivity index (χ3n) is 2.99. The van der Waals surface area contributed by atoms with Gasteiger partial charge in [0.1, 0.15) is 12.4 Å². The number of ether oxygens (including phenoxy) is 1. The highest BCUT2D eigenvalue weighted by atomic mass is 35.5. The van der Waals surface area contributed by atoms with Gasteiger partial charge in [-0.05, 0) is 38.1 Å². The molecule has 17 heavy (non-hydrogen) atoms. The molecule has 0 aliphatic carbocycles. The third kappa shape index (κ3) is 3.20. The van der Waals surface area contributed by atoms with Crippen LogP contribution in [0.15, 0.2) is 18.2 Å². The minimum Gasteiger partial charge on any atom is -0.491 e. The highest BCUT2D eigenvalue weighted by Crippen LogP contribution is 2.24. The Hall–Kier alpha value is -1.06. The van der Waals surface area contributed by atoms with Crippen molar-refractivity contribution in [3.05, 3.63) is 28.8 Å². The maximum Gasteiger partial charge on any atom is 0.155 e. The summed E-state index contributed by atoms with van der Waals surface area (Å²) in [6, 6.07) is 5.26. The number of likely N-dealkylation sites (tertiary alicyclic amines) is 1. The molecular weight excluding hydrogens is 238 g/mol. The van der Waals surface area contributed by atoms with Crippen molar-refractivity contribution in [2.24, 2.45) is 0 Å². The highest BCUT2D eigenvalue weighted by molar-refractivity contribution is 6.33. The fraction of sp³-hybridized carbons (Fsp3) is 0.462. The van der Waals surface area contributed by atoms with E-state index in [4.69, 9.17) is 16.3 Å². The largest absolute Gasteiger partial charge is 0.491 e. The van der Waals surface area contributed by atoms with E-state index in [9.17, 15) is 4.79 Å². The minimum absolute atomic E-state index is 0.440. The molecule has 0 N–H and O–H groups in total. The van der Waals surface area contributed by atoms with Gasteiger partial charge < -0.3 is 4.74 Å². The average Bonchev–Trinajstić information content (AvgIpc) is 2.82. The van der Waals surface area contributed by atoms with Gasteiger partial charge in [-0.2, -0.15) is 0 Å². The number of aldehydes is 1. The Morgan fingerprint density at radius 2 is 2.12 bits per heavy atom. The van der Waals surface area contributed by atoms with Crippen LogP contribution in [0.1, 0.15) is 23.2 Å². The van der Waals surface area contributed by atoms with Gasteiger partial charge in [-0.15, -0.1) is 0 Å². The number of carbonyl (C=O) groups excluding carboxylic acids is 1. The quantitative estimate of drug-likeness (QED) is 0.756. The number of benzene rings is 1. The van der Waals surface area contributed by atoms with Crippen LogP contribution in [0.5, 0.6) is 5.75 Å². The Bertz CT molecular complexity index is 389. The molecule has 2 rings (SSSR count). The molecule has 0 amide bonds. The molecule has 0 radical (unpaired) electrons. The summed E-state index contributed by atoms with van der Waals surface area (Å²) in [7, 11) is 0. The molecule has 0 saturated carbocycles. The number of halogens is 1. The number of hydrogen-bond donors (Lipinski definition) is 0. The van der Waals surface area contributed by atoms with E-state index in [2.05, 4.69) is 4.90 Å². The average molecular weight is 254 g/mol. The second-order valence-corrected chi connectivity index (χ2v) is 4.57. The third-order valence-corrected chi connectivity index (χ3v) is 3.32. The maximum absolute atomic E-state index is 10.9. The molecular formula is C13H16ClNO2. The molecule has 1 aromatic carbocycles. The summed E-state index contributed by atoms with van der Waals surface area (Å²) in [4.78, 5) is 13.3. The number of hydrogen-bond acceptors (Lipinski definition) is 3. The van der Waals surface area contributed by atoms with Gasteiger partial charge in [0.05, 0.1) is 10.6 Å². The molecule has 0 bridgehead atoms. The van der Waals surface area contributed by atoms with Crippen LogP contribution in [0.4, 0.5) is 0 Å². The van der Waals surface area contributed by atoms with Crippen LogP contribution < -0.4 is 4.74 Å². The first-order valence-electron chi connectivity index (χ1n) is 5.90. The Morgan fingerprint density at radius 3 is 2.82 bits per heavy atom. The van der Waals surface area contributed by atoms with Crippen molar-refractivity contribution in [1.82, 2.24) is 4.90 Å². The van der Waals surface area contributed by atoms with Crippen LogP contribution in [0, 0.1) is 0 Å². The van der Waals surface area contributed by atoms with Gasteiger partial charge in [-0.3, -0.25) is 9.69 Å². The van der Waals surface area contributed by atoms with Gasteiger partial charge in [0.2, 0.25) is 0 Å². The maximum atomic E-state index is 10.9. The van der Waals surface area contributed by atoms with E-state index in [-0.39, 0.29) is 0 Å². The first-order chi connectivity index (χ1) is 8.31. The molecule has 0 spiro atoms. The summed E-state index contributed by atoms with van der Waals surface area (Å²) in [5, 5.41) is 0.443. The van der Waals surface area contributed by atoms with Gasteiger partial charge in [0.15, 0.2) is 6.29 Å². The summed E-state index contributed by atoms with van der Waals surface area (Å²) in [6.45, 7) is 3.81. The summed E-state index contributed by atoms with van der Waals surface area (Å²) >= 11 is 5.91. The van der Waals surface area contributed by atoms with E-state index < -0.39 is 0 Å². The van der Waals surface area contributed by atoms with Crippen molar-refractivity contribution in [3.63, 3.8) is 0 Å². The van der Waals surface area contributed by atoms with E-state index in [1.165, 1.54) is 12.8 Å². The molecule has 1 aromatic rings. The number of nitrogens with zero attached hydrogens (tertiary/aromatic N) is 1. The van der Waals surface area contributed by atoms with Crippen LogP contribution in [0.25, 0.3) is 0 Å². The molecule has 1 saturated heterocycles. The molecule has 0 atom stereocenters. The van der Waals surface area contributed by atoms with E-state index in [0.29, 0.717) is 22.9 Å². The van der Waals surface area contributed by atoms with Gasteiger partial charge in [0.25, 0.3) is 0 Å². The second kappa shape index (κ2) is 6.03. The lowest BCUT2D eigenvalue weighted by Crippen LogP contribution is -2.25. The Kier molecular flexibility index (Phi) is 4.40. The topological polar surface area (TPSA) is 29.5 Å². The van der Waals surface area contributed by atoms with Crippen molar-refractivity contribution in [1.29, 1.82) is 0 Å². The van der Waals surface area contributed by atoms with Crippen LogP contribution in [-0.2, 0) is 0 Å². The normalized spacial score (nSPS) is 16.1. The van der Waals surface area contributed by atoms with E-state index in [1.807, 2.05) is 0 Å². The van der Waals surface area contributed by atoms with Crippen molar-refractivity contribution < 1.29 is 9.53 Å². The first kappa shape index (κ1) is 12.4. The van der Waals surface area contributed by atoms with Gasteiger partial charge in [0, 0.05) is 6.54 Å². The van der Waals surface area contributed by atoms with Crippen molar-refractivity contribution in [3.8, 4) is 5.75 Å². The van der Waals surface area contributed by atoms with Crippen molar-refractivity contribution in [2.75, 3.05) is 26.2 Å². The molecule has 92 valence electrons. The minimum atomic E-state index is 0.440. The lowest BCUT2D eigenvalue weighted by Gasteiger charge is -2.15. The van der Waals surface area contributed by atoms with Crippen LogP contribution >= 0.6 is 11.6 Å². The zero-order valence-electron chi connectivity index (χ0n) is 9.69. The Labute approximate surface area is 106 Å². The Morgan fingerprint density at radius 1 is 1.35 bits per heavy atom. The molecule has 1 aliphatic heterocycles. The van der Waals surface area contributed by atoms with E-state index in [1.54, 1.807) is 18.2 Å². The zero-order valence-corrected chi connectivity index (χ0v) is 10.4. The first-order valence-corrected chi connectivity index (χ1v) is 6.28. The van der Waals surface area contributed by atoms with Crippen LogP contribution in [0.3, 0.4) is 0 Å². The molecule has 1 aliphatic rings. The molecule has 3 nitrogen and oxygen atoms in total. The number of carbonyl (C=O) groups is 1. The standard InChI is InChI=1S/C13H16ClNO2/c14-12-4-3-5-13(11(12)10-16)17-9-8-15-6-1-2-7-15/h3-5,10H,1-2,6-9H2. The fourth-order valence-corrected chi connectivity index (χ4v) is 2.26. The lowest BCUT2D eigenvalue weighted by molar-refractivity contribution is 0.111. The molecule has 1 heterocycles. The summed E-state index contributed by atoms with van der Waals surface area (Å²) in [5.74, 6) is 0.576. The van der Waals surface area contributed by atoms with Crippen molar-refractivity contribution in [2.45, 2.75) is 12.8 Å². The smallest absolute Gasteiger partial charge is 0.155 e. The molecule has 0 aromatic heterocycles. The molecule has 4 heteroatoms. The zero-order chi connectivity index (χ0) is 12.1. The Balaban J connectivity index is 1.89. The summed E-state index contributed by atoms with van der Waals surface area (Å²) in [6.07, 6.45) is 3.29. The van der Waals surface area contributed by atoms with Crippen molar-refractivity contribution >= 4 is 17.9 Å². The van der Waals surface area contributed by atoms with Gasteiger partial charge in [-0.1, -0.05) is 17.7 Å². The highest BCUT2D eigenvalue weighted by Gasteiger charge is 2.12.